The van der Waals surface area contributed by atoms with E-state index in [0.717, 1.165) is 45.1 Å². The van der Waals surface area contributed by atoms with E-state index in [4.69, 9.17) is 4.42 Å². The molecule has 0 atom stereocenters. The highest BCUT2D eigenvalue weighted by Gasteiger charge is 2.18. The van der Waals surface area contributed by atoms with Crippen molar-refractivity contribution in [1.82, 2.24) is 20.2 Å². The van der Waals surface area contributed by atoms with Crippen molar-refractivity contribution in [1.29, 1.82) is 0 Å². The van der Waals surface area contributed by atoms with Crippen molar-refractivity contribution in [2.24, 2.45) is 0 Å². The van der Waals surface area contributed by atoms with Crippen LogP contribution < -0.4 is 10.2 Å². The third-order valence-electron chi connectivity index (χ3n) is 5.58. The molecule has 1 fully saturated rings. The van der Waals surface area contributed by atoms with E-state index in [1.807, 2.05) is 6.07 Å². The van der Waals surface area contributed by atoms with Crippen LogP contribution in [0.3, 0.4) is 0 Å². The third-order valence-corrected chi connectivity index (χ3v) is 5.58. The smallest absolute Gasteiger partial charge is 0.225 e. The molecule has 1 aliphatic rings. The Kier molecular flexibility index (Phi) is 7.45. The molecule has 1 aromatic carbocycles. The summed E-state index contributed by atoms with van der Waals surface area (Å²) in [6.45, 7) is 5.36. The summed E-state index contributed by atoms with van der Waals surface area (Å²) in [5.74, 6) is 1.63. The highest BCUT2D eigenvalue weighted by Crippen LogP contribution is 2.25. The largest absolute Gasteiger partial charge is 0.461 e. The molecule has 1 aliphatic heterocycles. The molecule has 7 nitrogen and oxygen atoms in total. The minimum Gasteiger partial charge on any atom is -0.461 e. The first kappa shape index (κ1) is 22.0. The Labute approximate surface area is 187 Å². The molecule has 3 heterocycles. The minimum atomic E-state index is -0.319. The first-order valence-corrected chi connectivity index (χ1v) is 11.0. The van der Waals surface area contributed by atoms with Crippen molar-refractivity contribution in [2.45, 2.75) is 19.3 Å². The van der Waals surface area contributed by atoms with E-state index in [9.17, 15) is 9.18 Å². The van der Waals surface area contributed by atoms with Crippen LogP contribution in [0.2, 0.25) is 0 Å². The van der Waals surface area contributed by atoms with Crippen molar-refractivity contribution >= 4 is 11.9 Å². The zero-order chi connectivity index (χ0) is 22.2. The molecule has 1 saturated heterocycles. The molecule has 0 radical (unpaired) electrons. The number of benzene rings is 1. The molecule has 0 bridgehead atoms. The number of hydrogen-bond donors (Lipinski definition) is 1. The second-order valence-corrected chi connectivity index (χ2v) is 7.83. The number of carbonyl (C=O) groups is 1. The lowest BCUT2D eigenvalue weighted by atomic mass is 10.1. The SMILES string of the molecule is O=C(CCc1ccc(-c2ccccc2F)o1)NCCCN1CCN(c2ncccn2)CC1. The average molecular weight is 438 g/mol. The molecule has 32 heavy (non-hydrogen) atoms. The van der Waals surface area contributed by atoms with Gasteiger partial charge in [-0.25, -0.2) is 14.4 Å². The lowest BCUT2D eigenvalue weighted by molar-refractivity contribution is -0.121. The van der Waals surface area contributed by atoms with Crippen molar-refractivity contribution < 1.29 is 13.6 Å². The molecule has 0 spiro atoms. The summed E-state index contributed by atoms with van der Waals surface area (Å²) in [7, 11) is 0. The molecule has 4 rings (SSSR count). The number of amides is 1. The van der Waals surface area contributed by atoms with E-state index in [1.54, 1.807) is 42.7 Å². The molecule has 2 aromatic heterocycles. The van der Waals surface area contributed by atoms with Crippen LogP contribution >= 0.6 is 0 Å². The third kappa shape index (κ3) is 5.91. The van der Waals surface area contributed by atoms with Gasteiger partial charge in [-0.3, -0.25) is 9.69 Å². The quantitative estimate of drug-likeness (QED) is 0.519. The van der Waals surface area contributed by atoms with Gasteiger partial charge in [-0.15, -0.1) is 0 Å². The van der Waals surface area contributed by atoms with Crippen LogP contribution in [0.25, 0.3) is 11.3 Å². The molecule has 1 amide bonds. The van der Waals surface area contributed by atoms with E-state index in [1.165, 1.54) is 6.07 Å². The lowest BCUT2D eigenvalue weighted by Gasteiger charge is -2.34. The fraction of sp³-hybridized carbons (Fsp3) is 0.375. The second kappa shape index (κ2) is 10.9. The minimum absolute atomic E-state index is 0.000104. The molecule has 0 aliphatic carbocycles. The van der Waals surface area contributed by atoms with Gasteiger partial charge in [0.1, 0.15) is 17.3 Å². The van der Waals surface area contributed by atoms with Crippen molar-refractivity contribution in [3.05, 3.63) is 66.4 Å². The standard InChI is InChI=1S/C24H28FN5O2/c25-21-6-2-1-5-20(21)22-9-7-19(32-22)8-10-23(31)26-13-4-14-29-15-17-30(18-16-29)24-27-11-3-12-28-24/h1-3,5-7,9,11-12H,4,8,10,13-18H2,(H,26,31). The Morgan fingerprint density at radius 3 is 2.59 bits per heavy atom. The van der Waals surface area contributed by atoms with Crippen LogP contribution in [0.5, 0.6) is 0 Å². The number of furan rings is 1. The fourth-order valence-electron chi connectivity index (χ4n) is 3.80. The van der Waals surface area contributed by atoms with Gasteiger partial charge in [-0.2, -0.15) is 0 Å². The van der Waals surface area contributed by atoms with E-state index >= 15 is 0 Å². The number of aromatic nitrogens is 2. The average Bonchev–Trinajstić information content (AvgIpc) is 3.31. The first-order valence-electron chi connectivity index (χ1n) is 11.0. The predicted octanol–water partition coefficient (Wildman–Crippen LogP) is 3.14. The lowest BCUT2D eigenvalue weighted by Crippen LogP contribution is -2.47. The van der Waals surface area contributed by atoms with Crippen LogP contribution in [-0.2, 0) is 11.2 Å². The number of rotatable bonds is 9. The predicted molar refractivity (Wildman–Crippen MR) is 121 cm³/mol. The molecule has 8 heteroatoms. The fourth-order valence-corrected chi connectivity index (χ4v) is 3.80. The maximum absolute atomic E-state index is 13.9. The van der Waals surface area contributed by atoms with Crippen LogP contribution in [0, 0.1) is 5.82 Å². The Morgan fingerprint density at radius 1 is 1.03 bits per heavy atom. The molecular weight excluding hydrogens is 409 g/mol. The summed E-state index contributed by atoms with van der Waals surface area (Å²) in [4.78, 5) is 25.4. The number of piperazine rings is 1. The maximum Gasteiger partial charge on any atom is 0.225 e. The summed E-state index contributed by atoms with van der Waals surface area (Å²) < 4.78 is 19.6. The van der Waals surface area contributed by atoms with Crippen LogP contribution in [0.1, 0.15) is 18.6 Å². The van der Waals surface area contributed by atoms with Crippen LogP contribution in [0.4, 0.5) is 10.3 Å². The molecular formula is C24H28FN5O2. The van der Waals surface area contributed by atoms with Gasteiger partial charge in [0.2, 0.25) is 11.9 Å². The van der Waals surface area contributed by atoms with E-state index in [2.05, 4.69) is 25.1 Å². The number of nitrogens with zero attached hydrogens (tertiary/aromatic N) is 4. The molecule has 168 valence electrons. The highest BCUT2D eigenvalue weighted by atomic mass is 19.1. The van der Waals surface area contributed by atoms with Crippen LogP contribution in [-0.4, -0.2) is 60.0 Å². The van der Waals surface area contributed by atoms with Crippen molar-refractivity contribution in [3.63, 3.8) is 0 Å². The van der Waals surface area contributed by atoms with Gasteiger partial charge in [0, 0.05) is 58.0 Å². The number of halogens is 1. The second-order valence-electron chi connectivity index (χ2n) is 7.83. The van der Waals surface area contributed by atoms with Gasteiger partial charge in [-0.1, -0.05) is 12.1 Å². The Hall–Kier alpha value is -3.26. The summed E-state index contributed by atoms with van der Waals surface area (Å²) in [5.41, 5.74) is 0.431. The highest BCUT2D eigenvalue weighted by molar-refractivity contribution is 5.76. The van der Waals surface area contributed by atoms with E-state index < -0.39 is 0 Å². The number of aryl methyl sites for hydroxylation is 1. The van der Waals surface area contributed by atoms with Gasteiger partial charge in [0.15, 0.2) is 0 Å². The zero-order valence-corrected chi connectivity index (χ0v) is 18.0. The monoisotopic (exact) mass is 437 g/mol. The van der Waals surface area contributed by atoms with Gasteiger partial charge in [-0.05, 0) is 43.3 Å². The van der Waals surface area contributed by atoms with Crippen molar-refractivity contribution in [3.8, 4) is 11.3 Å². The first-order chi connectivity index (χ1) is 15.7. The Morgan fingerprint density at radius 2 is 1.81 bits per heavy atom. The zero-order valence-electron chi connectivity index (χ0n) is 18.0. The molecule has 3 aromatic rings. The maximum atomic E-state index is 13.9. The number of carbonyl (C=O) groups excluding carboxylic acids is 1. The van der Waals surface area contributed by atoms with E-state index in [-0.39, 0.29) is 11.7 Å². The number of hydrogen-bond acceptors (Lipinski definition) is 6. The summed E-state index contributed by atoms with van der Waals surface area (Å²) >= 11 is 0. The number of nitrogens with one attached hydrogen (secondary N) is 1. The summed E-state index contributed by atoms with van der Waals surface area (Å²) in [6, 6.07) is 11.9. The molecule has 1 N–H and O–H groups in total. The normalized spacial score (nSPS) is 14.5. The topological polar surface area (TPSA) is 74.5 Å². The summed E-state index contributed by atoms with van der Waals surface area (Å²) in [5, 5.41) is 2.98. The van der Waals surface area contributed by atoms with Gasteiger partial charge in [0.05, 0.1) is 5.56 Å². The molecule has 0 unspecified atom stereocenters. The van der Waals surface area contributed by atoms with Gasteiger partial charge in [0.25, 0.3) is 0 Å². The van der Waals surface area contributed by atoms with E-state index in [0.29, 0.717) is 36.5 Å². The van der Waals surface area contributed by atoms with Crippen LogP contribution in [0.15, 0.2) is 59.3 Å². The van der Waals surface area contributed by atoms with Gasteiger partial charge >= 0.3 is 0 Å². The molecule has 0 saturated carbocycles. The van der Waals surface area contributed by atoms with Gasteiger partial charge < -0.3 is 14.6 Å². The van der Waals surface area contributed by atoms with Crippen molar-refractivity contribution in [2.75, 3.05) is 44.2 Å². The Balaban J connectivity index is 1.11. The summed E-state index contributed by atoms with van der Waals surface area (Å²) in [6.07, 6.45) is 5.28. The number of anilines is 1. The Bertz CT molecular complexity index is 1000.